The van der Waals surface area contributed by atoms with Crippen LogP contribution in [-0.4, -0.2) is 47.6 Å². The number of phenolic OH excluding ortho intramolecular Hbond substituents is 1. The van der Waals surface area contributed by atoms with Crippen LogP contribution < -0.4 is 14.8 Å². The summed E-state index contributed by atoms with van der Waals surface area (Å²) in [7, 11) is 0. The second-order valence-electron chi connectivity index (χ2n) is 8.89. The first-order chi connectivity index (χ1) is 16.7. The second-order valence-corrected chi connectivity index (χ2v) is 8.89. The average Bonchev–Trinajstić information content (AvgIpc) is 2.84. The van der Waals surface area contributed by atoms with Crippen molar-refractivity contribution in [3.8, 4) is 23.0 Å². The maximum absolute atomic E-state index is 11.8. The maximum atomic E-state index is 11.8. The summed E-state index contributed by atoms with van der Waals surface area (Å²) in [6, 6.07) is 21.1. The Morgan fingerprint density at radius 1 is 0.914 bits per heavy atom. The Labute approximate surface area is 206 Å². The molecule has 35 heavy (non-hydrogen) atoms. The number of aromatic hydroxyl groups is 1. The van der Waals surface area contributed by atoms with E-state index in [1.165, 1.54) is 0 Å². The van der Waals surface area contributed by atoms with Crippen LogP contribution in [0.15, 0.2) is 72.8 Å². The van der Waals surface area contributed by atoms with Crippen LogP contribution >= 0.6 is 0 Å². The van der Waals surface area contributed by atoms with Crippen LogP contribution in [0.4, 0.5) is 0 Å². The van der Waals surface area contributed by atoms with E-state index in [2.05, 4.69) is 19.2 Å². The molecule has 3 aromatic carbocycles. The van der Waals surface area contributed by atoms with Crippen molar-refractivity contribution in [3.63, 3.8) is 0 Å². The lowest BCUT2D eigenvalue weighted by Gasteiger charge is -2.28. The van der Waals surface area contributed by atoms with Gasteiger partial charge in [0.05, 0.1) is 12.2 Å². The molecule has 3 N–H and O–H groups in total. The monoisotopic (exact) mass is 479 g/mol. The van der Waals surface area contributed by atoms with E-state index in [1.807, 2.05) is 24.3 Å². The van der Waals surface area contributed by atoms with Gasteiger partial charge in [-0.05, 0) is 93.4 Å². The number of hydrogen-bond donors (Lipinski definition) is 3. The Morgan fingerprint density at radius 2 is 1.49 bits per heavy atom. The Bertz CT molecular complexity index is 1060. The molecule has 7 nitrogen and oxygen atoms in total. The van der Waals surface area contributed by atoms with Gasteiger partial charge in [-0.1, -0.05) is 12.1 Å². The Morgan fingerprint density at radius 3 is 2.09 bits per heavy atom. The van der Waals surface area contributed by atoms with Gasteiger partial charge < -0.3 is 29.7 Å². The summed E-state index contributed by atoms with van der Waals surface area (Å²) in [5.74, 6) is 1.75. The number of benzene rings is 3. The van der Waals surface area contributed by atoms with Crippen LogP contribution in [0.3, 0.4) is 0 Å². The van der Waals surface area contributed by atoms with Crippen molar-refractivity contribution in [2.24, 2.45) is 0 Å². The molecule has 0 saturated carbocycles. The number of esters is 1. The molecule has 0 aliphatic heterocycles. The van der Waals surface area contributed by atoms with E-state index in [0.29, 0.717) is 36.0 Å². The van der Waals surface area contributed by atoms with Crippen LogP contribution in [0.1, 0.15) is 36.7 Å². The number of aliphatic hydroxyl groups is 1. The number of hydrogen-bond acceptors (Lipinski definition) is 7. The summed E-state index contributed by atoms with van der Waals surface area (Å²) in [6.07, 6.45) is 0.0848. The number of aliphatic hydroxyl groups excluding tert-OH is 1. The van der Waals surface area contributed by atoms with Gasteiger partial charge in [0.1, 0.15) is 35.7 Å². The summed E-state index contributed by atoms with van der Waals surface area (Å²) in [6.45, 7) is 6.81. The summed E-state index contributed by atoms with van der Waals surface area (Å²) >= 11 is 0. The number of carbonyl (C=O) groups is 1. The van der Waals surface area contributed by atoms with Crippen molar-refractivity contribution >= 4 is 5.97 Å². The normalized spacial score (nSPS) is 12.1. The molecule has 0 saturated heterocycles. The molecule has 186 valence electrons. The number of carbonyl (C=O) groups excluding carboxylic acids is 1. The average molecular weight is 480 g/mol. The number of phenols is 1. The zero-order valence-corrected chi connectivity index (χ0v) is 20.4. The molecule has 1 atom stereocenters. The van der Waals surface area contributed by atoms with Gasteiger partial charge in [0.15, 0.2) is 0 Å². The van der Waals surface area contributed by atoms with Gasteiger partial charge in [0.25, 0.3) is 0 Å². The molecule has 7 heteroatoms. The molecule has 0 radical (unpaired) electrons. The van der Waals surface area contributed by atoms with E-state index in [-0.39, 0.29) is 23.9 Å². The van der Waals surface area contributed by atoms with Gasteiger partial charge in [-0.25, -0.2) is 4.79 Å². The number of ether oxygens (including phenoxy) is 3. The highest BCUT2D eigenvalue weighted by Gasteiger charge is 2.19. The standard InChI is InChI=1S/C28H33NO6/c1-4-33-27(32)21-7-13-26(14-8-21)35-25-11-5-20(6-12-25)17-28(2,3)29-18-23(31)19-34-24-15-9-22(30)10-16-24/h5-16,23,29-31H,4,17-19H2,1-3H3/t23-/m0/s1. The largest absolute Gasteiger partial charge is 0.508 e. The molecule has 0 aliphatic carbocycles. The first-order valence-corrected chi connectivity index (χ1v) is 11.6. The van der Waals surface area contributed by atoms with Gasteiger partial charge in [0, 0.05) is 12.1 Å². The SMILES string of the molecule is CCOC(=O)c1ccc(Oc2ccc(CC(C)(C)NC[C@H](O)COc3ccc(O)cc3)cc2)cc1. The molecule has 0 aromatic heterocycles. The van der Waals surface area contributed by atoms with Crippen molar-refractivity contribution in [2.75, 3.05) is 19.8 Å². The van der Waals surface area contributed by atoms with E-state index >= 15 is 0 Å². The molecule has 0 unspecified atom stereocenters. The van der Waals surface area contributed by atoms with E-state index in [0.717, 1.165) is 12.0 Å². The highest BCUT2D eigenvalue weighted by molar-refractivity contribution is 5.89. The zero-order valence-electron chi connectivity index (χ0n) is 20.4. The topological polar surface area (TPSA) is 97.3 Å². The minimum atomic E-state index is -0.672. The third kappa shape index (κ3) is 8.63. The first kappa shape index (κ1) is 26.1. The Balaban J connectivity index is 1.45. The summed E-state index contributed by atoms with van der Waals surface area (Å²) < 4.78 is 16.4. The number of rotatable bonds is 12. The van der Waals surface area contributed by atoms with E-state index in [4.69, 9.17) is 14.2 Å². The van der Waals surface area contributed by atoms with Crippen molar-refractivity contribution in [3.05, 3.63) is 83.9 Å². The third-order valence-corrected chi connectivity index (χ3v) is 5.27. The number of β-amino-alcohol motifs (C(OH)–C–C–N with tert-alkyl or cyclic N) is 1. The molecule has 0 bridgehead atoms. The molecular formula is C28H33NO6. The van der Waals surface area contributed by atoms with E-state index in [9.17, 15) is 15.0 Å². The van der Waals surface area contributed by atoms with Crippen LogP contribution in [0, 0.1) is 0 Å². The van der Waals surface area contributed by atoms with Crippen molar-refractivity contribution in [2.45, 2.75) is 38.8 Å². The van der Waals surface area contributed by atoms with Gasteiger partial charge >= 0.3 is 5.97 Å². The Hall–Kier alpha value is -3.55. The lowest BCUT2D eigenvalue weighted by molar-refractivity contribution is 0.0526. The Kier molecular flexibility index (Phi) is 9.11. The molecular weight excluding hydrogens is 446 g/mol. The van der Waals surface area contributed by atoms with Gasteiger partial charge in [0.2, 0.25) is 0 Å². The predicted molar refractivity (Wildman–Crippen MR) is 134 cm³/mol. The fraction of sp³-hybridized carbons (Fsp3) is 0.321. The van der Waals surface area contributed by atoms with Crippen LogP contribution in [0.5, 0.6) is 23.0 Å². The van der Waals surface area contributed by atoms with Gasteiger partial charge in [-0.3, -0.25) is 0 Å². The molecule has 0 aliphatic rings. The molecule has 0 fully saturated rings. The zero-order chi connectivity index (χ0) is 25.3. The fourth-order valence-corrected chi connectivity index (χ4v) is 3.45. The smallest absolute Gasteiger partial charge is 0.338 e. The lowest BCUT2D eigenvalue weighted by atomic mass is 9.94. The minimum Gasteiger partial charge on any atom is -0.508 e. The van der Waals surface area contributed by atoms with Crippen LogP contribution in [-0.2, 0) is 11.2 Å². The van der Waals surface area contributed by atoms with Crippen molar-refractivity contribution < 1.29 is 29.2 Å². The van der Waals surface area contributed by atoms with Gasteiger partial charge in [-0.2, -0.15) is 0 Å². The molecule has 0 heterocycles. The summed E-state index contributed by atoms with van der Waals surface area (Å²) in [4.78, 5) is 11.8. The third-order valence-electron chi connectivity index (χ3n) is 5.27. The molecule has 0 spiro atoms. The quantitative estimate of drug-likeness (QED) is 0.324. The lowest BCUT2D eigenvalue weighted by Crippen LogP contribution is -2.46. The summed E-state index contributed by atoms with van der Waals surface area (Å²) in [5, 5.41) is 23.0. The van der Waals surface area contributed by atoms with Gasteiger partial charge in [-0.15, -0.1) is 0 Å². The summed E-state index contributed by atoms with van der Waals surface area (Å²) in [5.41, 5.74) is 1.37. The highest BCUT2D eigenvalue weighted by Crippen LogP contribution is 2.24. The molecule has 0 amide bonds. The predicted octanol–water partition coefficient (Wildman–Crippen LogP) is 4.71. The van der Waals surface area contributed by atoms with Crippen molar-refractivity contribution in [1.82, 2.24) is 5.32 Å². The maximum Gasteiger partial charge on any atom is 0.338 e. The minimum absolute atomic E-state index is 0.153. The second kappa shape index (κ2) is 12.2. The molecule has 3 aromatic rings. The van der Waals surface area contributed by atoms with Crippen LogP contribution in [0.25, 0.3) is 0 Å². The van der Waals surface area contributed by atoms with Crippen molar-refractivity contribution in [1.29, 1.82) is 0 Å². The van der Waals surface area contributed by atoms with E-state index < -0.39 is 6.10 Å². The molecule has 3 rings (SSSR count). The number of nitrogens with one attached hydrogen (secondary N) is 1. The van der Waals surface area contributed by atoms with Crippen LogP contribution in [0.2, 0.25) is 0 Å². The fourth-order valence-electron chi connectivity index (χ4n) is 3.45. The highest BCUT2D eigenvalue weighted by atomic mass is 16.5. The first-order valence-electron chi connectivity index (χ1n) is 11.6. The van der Waals surface area contributed by atoms with E-state index in [1.54, 1.807) is 55.5 Å².